The Hall–Kier alpha value is -0.160. The van der Waals surface area contributed by atoms with Gasteiger partial charge in [0.2, 0.25) is 0 Å². The van der Waals surface area contributed by atoms with E-state index in [0.29, 0.717) is 0 Å². The highest BCUT2D eigenvalue weighted by molar-refractivity contribution is 9.13. The normalized spacial score (nSPS) is 12.7. The zero-order valence-corrected chi connectivity index (χ0v) is 14.5. The van der Waals surface area contributed by atoms with Gasteiger partial charge in [-0.15, -0.1) is 11.3 Å². The van der Waals surface area contributed by atoms with Crippen LogP contribution in [-0.2, 0) is 0 Å². The largest absolute Gasteiger partial charge is 0.309 e. The molecule has 96 valence electrons. The van der Waals surface area contributed by atoms with Gasteiger partial charge in [0.25, 0.3) is 0 Å². The second kappa shape index (κ2) is 5.87. The maximum absolute atomic E-state index is 3.56. The highest BCUT2D eigenvalue weighted by Gasteiger charge is 2.18. The zero-order valence-electron chi connectivity index (χ0n) is 10.6. The van der Waals surface area contributed by atoms with Crippen LogP contribution in [0.4, 0.5) is 0 Å². The van der Waals surface area contributed by atoms with E-state index in [-0.39, 0.29) is 6.04 Å². The van der Waals surface area contributed by atoms with Gasteiger partial charge in [-0.05, 0) is 75.5 Å². The van der Waals surface area contributed by atoms with Crippen molar-refractivity contribution in [1.82, 2.24) is 5.32 Å². The van der Waals surface area contributed by atoms with Crippen LogP contribution in [-0.4, -0.2) is 7.05 Å². The maximum Gasteiger partial charge on any atom is 0.0843 e. The molecule has 1 aromatic heterocycles. The van der Waals surface area contributed by atoms with Crippen LogP contribution in [0.5, 0.6) is 0 Å². The standard InChI is InChI=1S/C14H15Br2NS/c1-8-5-4-6-10(9(8)2)13(17-3)12-7-11(15)14(16)18-12/h4-7,13,17H,1-3H3. The third-order valence-corrected chi connectivity index (χ3v) is 6.52. The molecular formula is C14H15Br2NS. The fourth-order valence-corrected chi connectivity index (χ4v) is 4.26. The van der Waals surface area contributed by atoms with Gasteiger partial charge in [0.15, 0.2) is 0 Å². The number of rotatable bonds is 3. The Labute approximate surface area is 129 Å². The lowest BCUT2D eigenvalue weighted by atomic mass is 9.96. The molecular weight excluding hydrogens is 374 g/mol. The van der Waals surface area contributed by atoms with Gasteiger partial charge in [0.05, 0.1) is 9.83 Å². The summed E-state index contributed by atoms with van der Waals surface area (Å²) in [7, 11) is 2.01. The second-order valence-electron chi connectivity index (χ2n) is 4.28. The second-order valence-corrected chi connectivity index (χ2v) is 7.54. The van der Waals surface area contributed by atoms with Crippen LogP contribution in [0.1, 0.15) is 27.6 Å². The topological polar surface area (TPSA) is 12.0 Å². The fourth-order valence-electron chi connectivity index (χ4n) is 2.04. The van der Waals surface area contributed by atoms with Gasteiger partial charge in [0, 0.05) is 9.35 Å². The number of hydrogen-bond donors (Lipinski definition) is 1. The van der Waals surface area contributed by atoms with Crippen LogP contribution in [0.2, 0.25) is 0 Å². The molecule has 1 heterocycles. The van der Waals surface area contributed by atoms with E-state index in [1.807, 2.05) is 7.05 Å². The van der Waals surface area contributed by atoms with Crippen molar-refractivity contribution in [2.24, 2.45) is 0 Å². The summed E-state index contributed by atoms with van der Waals surface area (Å²) in [6.45, 7) is 4.35. The SMILES string of the molecule is CNC(c1cc(Br)c(Br)s1)c1cccc(C)c1C. The van der Waals surface area contributed by atoms with Gasteiger partial charge >= 0.3 is 0 Å². The fraction of sp³-hybridized carbons (Fsp3) is 0.286. The summed E-state index contributed by atoms with van der Waals surface area (Å²) in [5.74, 6) is 0. The van der Waals surface area contributed by atoms with Crippen LogP contribution < -0.4 is 5.32 Å². The minimum atomic E-state index is 0.248. The highest BCUT2D eigenvalue weighted by atomic mass is 79.9. The predicted molar refractivity (Wildman–Crippen MR) is 86.5 cm³/mol. The van der Waals surface area contributed by atoms with Crippen molar-refractivity contribution in [2.45, 2.75) is 19.9 Å². The number of hydrogen-bond acceptors (Lipinski definition) is 2. The quantitative estimate of drug-likeness (QED) is 0.761. The molecule has 18 heavy (non-hydrogen) atoms. The van der Waals surface area contributed by atoms with Crippen molar-refractivity contribution in [3.05, 3.63) is 54.1 Å². The van der Waals surface area contributed by atoms with Crippen molar-refractivity contribution in [3.8, 4) is 0 Å². The number of halogens is 2. The Kier molecular flexibility index (Phi) is 4.64. The Balaban J connectivity index is 2.48. The molecule has 0 fully saturated rings. The van der Waals surface area contributed by atoms with Gasteiger partial charge < -0.3 is 5.32 Å². The molecule has 2 aromatic rings. The molecule has 0 aliphatic rings. The van der Waals surface area contributed by atoms with Crippen LogP contribution >= 0.6 is 43.2 Å². The Morgan fingerprint density at radius 2 is 1.94 bits per heavy atom. The van der Waals surface area contributed by atoms with E-state index in [1.165, 1.54) is 21.6 Å². The lowest BCUT2D eigenvalue weighted by Crippen LogP contribution is -2.17. The molecule has 1 atom stereocenters. The molecule has 1 N–H and O–H groups in total. The summed E-state index contributed by atoms with van der Waals surface area (Å²) in [6, 6.07) is 8.91. The van der Waals surface area contributed by atoms with Crippen molar-refractivity contribution in [1.29, 1.82) is 0 Å². The van der Waals surface area contributed by atoms with Gasteiger partial charge in [-0.2, -0.15) is 0 Å². The molecule has 0 saturated heterocycles. The molecule has 4 heteroatoms. The molecule has 1 nitrogen and oxygen atoms in total. The first-order valence-corrected chi connectivity index (χ1v) is 8.13. The van der Waals surface area contributed by atoms with E-state index in [1.54, 1.807) is 11.3 Å². The average Bonchev–Trinajstić information content (AvgIpc) is 2.66. The Morgan fingerprint density at radius 3 is 2.50 bits per heavy atom. The molecule has 1 aromatic carbocycles. The van der Waals surface area contributed by atoms with Crippen LogP contribution in [0, 0.1) is 13.8 Å². The zero-order chi connectivity index (χ0) is 13.3. The van der Waals surface area contributed by atoms with E-state index in [9.17, 15) is 0 Å². The van der Waals surface area contributed by atoms with Crippen molar-refractivity contribution < 1.29 is 0 Å². The van der Waals surface area contributed by atoms with Crippen LogP contribution in [0.3, 0.4) is 0 Å². The number of benzene rings is 1. The minimum absolute atomic E-state index is 0.248. The highest BCUT2D eigenvalue weighted by Crippen LogP contribution is 2.38. The number of aryl methyl sites for hydroxylation is 1. The minimum Gasteiger partial charge on any atom is -0.309 e. The first-order chi connectivity index (χ1) is 8.54. The summed E-state index contributed by atoms with van der Waals surface area (Å²) < 4.78 is 2.26. The molecule has 0 bridgehead atoms. The van der Waals surface area contributed by atoms with Crippen molar-refractivity contribution in [2.75, 3.05) is 7.05 Å². The lowest BCUT2D eigenvalue weighted by Gasteiger charge is -2.18. The summed E-state index contributed by atoms with van der Waals surface area (Å²) in [6.07, 6.45) is 0. The summed E-state index contributed by atoms with van der Waals surface area (Å²) >= 11 is 8.88. The summed E-state index contributed by atoms with van der Waals surface area (Å²) in [5.41, 5.74) is 4.04. The predicted octanol–water partition coefficient (Wildman–Crippen LogP) is 5.20. The smallest absolute Gasteiger partial charge is 0.0843 e. The molecule has 1 unspecified atom stereocenters. The molecule has 0 amide bonds. The van der Waals surface area contributed by atoms with Gasteiger partial charge in [-0.25, -0.2) is 0 Å². The third kappa shape index (κ3) is 2.72. The monoisotopic (exact) mass is 387 g/mol. The van der Waals surface area contributed by atoms with Gasteiger partial charge in [0.1, 0.15) is 0 Å². The Morgan fingerprint density at radius 1 is 1.22 bits per heavy atom. The van der Waals surface area contributed by atoms with Gasteiger partial charge in [-0.3, -0.25) is 0 Å². The molecule has 0 aliphatic heterocycles. The molecule has 0 spiro atoms. The number of nitrogens with one attached hydrogen (secondary N) is 1. The first kappa shape index (κ1) is 14.3. The molecule has 0 radical (unpaired) electrons. The molecule has 0 saturated carbocycles. The molecule has 0 aliphatic carbocycles. The third-order valence-electron chi connectivity index (χ3n) is 3.19. The van der Waals surface area contributed by atoms with Crippen LogP contribution in [0.25, 0.3) is 0 Å². The van der Waals surface area contributed by atoms with Crippen LogP contribution in [0.15, 0.2) is 32.5 Å². The van der Waals surface area contributed by atoms with E-state index >= 15 is 0 Å². The summed E-state index contributed by atoms with van der Waals surface area (Å²) in [4.78, 5) is 1.31. The maximum atomic E-state index is 3.56. The average molecular weight is 389 g/mol. The van der Waals surface area contributed by atoms with E-state index in [0.717, 1.165) is 8.26 Å². The first-order valence-electron chi connectivity index (χ1n) is 5.72. The van der Waals surface area contributed by atoms with Gasteiger partial charge in [-0.1, -0.05) is 18.2 Å². The molecule has 2 rings (SSSR count). The van der Waals surface area contributed by atoms with E-state index in [4.69, 9.17) is 0 Å². The van der Waals surface area contributed by atoms with Crippen molar-refractivity contribution >= 4 is 43.2 Å². The van der Waals surface area contributed by atoms with E-state index < -0.39 is 0 Å². The summed E-state index contributed by atoms with van der Waals surface area (Å²) in [5, 5.41) is 3.41. The number of thiophene rings is 1. The lowest BCUT2D eigenvalue weighted by molar-refractivity contribution is 0.698. The Bertz CT molecular complexity index is 543. The van der Waals surface area contributed by atoms with E-state index in [2.05, 4.69) is 75.3 Å². The van der Waals surface area contributed by atoms with Crippen molar-refractivity contribution in [3.63, 3.8) is 0 Å².